The van der Waals surface area contributed by atoms with Crippen LogP contribution < -0.4 is 5.32 Å². The summed E-state index contributed by atoms with van der Waals surface area (Å²) in [7, 11) is 3.35. The van der Waals surface area contributed by atoms with E-state index in [9.17, 15) is 9.59 Å². The van der Waals surface area contributed by atoms with E-state index in [1.54, 1.807) is 19.1 Å². The Bertz CT molecular complexity index is 295. The first-order chi connectivity index (χ1) is 9.36. The Morgan fingerprint density at radius 3 is 2.50 bits per heavy atom. The average Bonchev–Trinajstić information content (AvgIpc) is 2.34. The Kier molecular flexibility index (Phi) is 9.80. The molecule has 6 heteroatoms. The van der Waals surface area contributed by atoms with E-state index in [2.05, 4.69) is 5.32 Å². The molecule has 2 N–H and O–H groups in total. The van der Waals surface area contributed by atoms with Crippen molar-refractivity contribution in [1.82, 2.24) is 10.2 Å². The Morgan fingerprint density at radius 2 is 2.00 bits per heavy atom. The van der Waals surface area contributed by atoms with E-state index in [0.29, 0.717) is 25.6 Å². The number of hydrogen-bond acceptors (Lipinski definition) is 3. The highest BCUT2D eigenvalue weighted by atomic mass is 16.5. The van der Waals surface area contributed by atoms with Crippen molar-refractivity contribution in [2.45, 2.75) is 33.1 Å². The Hall–Kier alpha value is -1.30. The van der Waals surface area contributed by atoms with Gasteiger partial charge in [0, 0.05) is 40.3 Å². The zero-order valence-corrected chi connectivity index (χ0v) is 13.0. The number of carbonyl (C=O) groups excluding carboxylic acids is 1. The van der Waals surface area contributed by atoms with Crippen LogP contribution in [0.1, 0.15) is 33.1 Å². The fourth-order valence-electron chi connectivity index (χ4n) is 2.07. The van der Waals surface area contributed by atoms with Crippen molar-refractivity contribution in [3.8, 4) is 0 Å². The molecule has 0 aromatic rings. The van der Waals surface area contributed by atoms with Crippen LogP contribution in [0, 0.1) is 11.8 Å². The highest BCUT2D eigenvalue weighted by Crippen LogP contribution is 2.14. The molecule has 0 rings (SSSR count). The maximum absolute atomic E-state index is 11.8. The number of amides is 2. The Labute approximate surface area is 121 Å². The lowest BCUT2D eigenvalue weighted by Crippen LogP contribution is -2.40. The van der Waals surface area contributed by atoms with Crippen LogP contribution in [-0.4, -0.2) is 55.9 Å². The third-order valence-corrected chi connectivity index (χ3v) is 3.00. The van der Waals surface area contributed by atoms with Crippen molar-refractivity contribution in [3.05, 3.63) is 0 Å². The van der Waals surface area contributed by atoms with Gasteiger partial charge in [-0.1, -0.05) is 13.8 Å². The molecule has 0 saturated heterocycles. The largest absolute Gasteiger partial charge is 0.481 e. The van der Waals surface area contributed by atoms with Crippen LogP contribution in [0.25, 0.3) is 0 Å². The monoisotopic (exact) mass is 288 g/mol. The molecule has 1 atom stereocenters. The standard InChI is InChI=1S/C14H28N2O4/c1-11(2)8-12(9-13(17)18)10-15-14(19)16(3)6-5-7-20-4/h11-12H,5-10H2,1-4H3,(H,15,19)(H,17,18). The fraction of sp³-hybridized carbons (Fsp3) is 0.857. The molecule has 20 heavy (non-hydrogen) atoms. The molecule has 0 fully saturated rings. The van der Waals surface area contributed by atoms with Crippen molar-refractivity contribution >= 4 is 12.0 Å². The molecule has 0 bridgehead atoms. The summed E-state index contributed by atoms with van der Waals surface area (Å²) < 4.78 is 4.93. The highest BCUT2D eigenvalue weighted by Gasteiger charge is 2.17. The molecule has 0 aromatic heterocycles. The minimum Gasteiger partial charge on any atom is -0.481 e. The minimum absolute atomic E-state index is 0.0242. The van der Waals surface area contributed by atoms with E-state index >= 15 is 0 Å². The summed E-state index contributed by atoms with van der Waals surface area (Å²) in [4.78, 5) is 24.2. The van der Waals surface area contributed by atoms with Gasteiger partial charge in [-0.2, -0.15) is 0 Å². The lowest BCUT2D eigenvalue weighted by atomic mass is 9.94. The van der Waals surface area contributed by atoms with E-state index in [4.69, 9.17) is 9.84 Å². The van der Waals surface area contributed by atoms with Crippen LogP contribution in [-0.2, 0) is 9.53 Å². The van der Waals surface area contributed by atoms with Gasteiger partial charge in [0.05, 0.1) is 0 Å². The van der Waals surface area contributed by atoms with Gasteiger partial charge in [0.1, 0.15) is 0 Å². The number of carboxylic acids is 1. The summed E-state index contributed by atoms with van der Waals surface area (Å²) in [6.07, 6.45) is 1.66. The molecule has 0 radical (unpaired) electrons. The molecular formula is C14H28N2O4. The quantitative estimate of drug-likeness (QED) is 0.601. The number of hydrogen-bond donors (Lipinski definition) is 2. The summed E-state index contributed by atoms with van der Waals surface area (Å²) in [6.45, 7) is 5.74. The number of urea groups is 1. The zero-order valence-electron chi connectivity index (χ0n) is 13.0. The third kappa shape index (κ3) is 9.61. The summed E-state index contributed by atoms with van der Waals surface area (Å²) in [6, 6.07) is -0.166. The van der Waals surface area contributed by atoms with E-state index in [-0.39, 0.29) is 18.4 Å². The first-order valence-corrected chi connectivity index (χ1v) is 7.06. The van der Waals surface area contributed by atoms with Gasteiger partial charge in [0.2, 0.25) is 0 Å². The SMILES string of the molecule is COCCCN(C)C(=O)NCC(CC(=O)O)CC(C)C. The van der Waals surface area contributed by atoms with Gasteiger partial charge in [0.25, 0.3) is 0 Å². The van der Waals surface area contributed by atoms with Crippen LogP contribution in [0.2, 0.25) is 0 Å². The number of methoxy groups -OCH3 is 1. The van der Waals surface area contributed by atoms with Gasteiger partial charge in [-0.15, -0.1) is 0 Å². The second-order valence-electron chi connectivity index (χ2n) is 5.55. The van der Waals surface area contributed by atoms with Crippen molar-refractivity contribution in [3.63, 3.8) is 0 Å². The van der Waals surface area contributed by atoms with Gasteiger partial charge in [0.15, 0.2) is 0 Å². The number of ether oxygens (including phenoxy) is 1. The molecule has 1 unspecified atom stereocenters. The van der Waals surface area contributed by atoms with Gasteiger partial charge < -0.3 is 20.1 Å². The van der Waals surface area contributed by atoms with Crippen LogP contribution in [0.15, 0.2) is 0 Å². The van der Waals surface area contributed by atoms with E-state index in [1.807, 2.05) is 13.8 Å². The molecule has 0 saturated carbocycles. The van der Waals surface area contributed by atoms with E-state index in [0.717, 1.165) is 12.8 Å². The summed E-state index contributed by atoms with van der Waals surface area (Å²) in [5, 5.41) is 11.7. The predicted octanol–water partition coefficient (Wildman–Crippen LogP) is 1.80. The Morgan fingerprint density at radius 1 is 1.35 bits per heavy atom. The van der Waals surface area contributed by atoms with Crippen molar-refractivity contribution in [2.24, 2.45) is 11.8 Å². The number of nitrogens with one attached hydrogen (secondary N) is 1. The fourth-order valence-corrected chi connectivity index (χ4v) is 2.07. The number of carboxylic acid groups (broad SMARTS) is 1. The molecule has 0 aliphatic rings. The summed E-state index contributed by atoms with van der Waals surface area (Å²) >= 11 is 0. The third-order valence-electron chi connectivity index (χ3n) is 3.00. The molecule has 2 amide bonds. The molecule has 0 heterocycles. The summed E-state index contributed by atoms with van der Waals surface area (Å²) in [5.41, 5.74) is 0. The van der Waals surface area contributed by atoms with Gasteiger partial charge >= 0.3 is 12.0 Å². The summed E-state index contributed by atoms with van der Waals surface area (Å²) in [5.74, 6) is -0.433. The second kappa shape index (κ2) is 10.5. The lowest BCUT2D eigenvalue weighted by molar-refractivity contribution is -0.138. The highest BCUT2D eigenvalue weighted by molar-refractivity contribution is 5.74. The number of aliphatic carboxylic acids is 1. The minimum atomic E-state index is -0.821. The number of nitrogens with zero attached hydrogens (tertiary/aromatic N) is 1. The van der Waals surface area contributed by atoms with Crippen molar-refractivity contribution < 1.29 is 19.4 Å². The second-order valence-corrected chi connectivity index (χ2v) is 5.55. The van der Waals surface area contributed by atoms with Gasteiger partial charge in [-0.05, 0) is 24.7 Å². The molecule has 0 aliphatic heterocycles. The molecular weight excluding hydrogens is 260 g/mol. The topological polar surface area (TPSA) is 78.9 Å². The normalized spacial score (nSPS) is 12.2. The van der Waals surface area contributed by atoms with E-state index < -0.39 is 5.97 Å². The molecule has 118 valence electrons. The maximum Gasteiger partial charge on any atom is 0.317 e. The number of carbonyl (C=O) groups is 2. The van der Waals surface area contributed by atoms with Crippen molar-refractivity contribution in [2.75, 3.05) is 33.9 Å². The maximum atomic E-state index is 11.8. The van der Waals surface area contributed by atoms with Gasteiger partial charge in [-0.3, -0.25) is 4.79 Å². The van der Waals surface area contributed by atoms with Crippen LogP contribution in [0.4, 0.5) is 4.79 Å². The van der Waals surface area contributed by atoms with Crippen molar-refractivity contribution in [1.29, 1.82) is 0 Å². The molecule has 0 spiro atoms. The van der Waals surface area contributed by atoms with E-state index in [1.165, 1.54) is 0 Å². The molecule has 6 nitrogen and oxygen atoms in total. The first kappa shape index (κ1) is 18.7. The molecule has 0 aliphatic carbocycles. The smallest absolute Gasteiger partial charge is 0.317 e. The van der Waals surface area contributed by atoms with Crippen LogP contribution >= 0.6 is 0 Å². The lowest BCUT2D eigenvalue weighted by Gasteiger charge is -2.21. The Balaban J connectivity index is 4.11. The van der Waals surface area contributed by atoms with Gasteiger partial charge in [-0.25, -0.2) is 4.79 Å². The predicted molar refractivity (Wildman–Crippen MR) is 77.7 cm³/mol. The number of rotatable bonds is 10. The zero-order chi connectivity index (χ0) is 15.5. The van der Waals surface area contributed by atoms with Crippen LogP contribution in [0.3, 0.4) is 0 Å². The first-order valence-electron chi connectivity index (χ1n) is 7.06. The molecule has 0 aromatic carbocycles. The van der Waals surface area contributed by atoms with Crippen LogP contribution in [0.5, 0.6) is 0 Å². The average molecular weight is 288 g/mol.